The van der Waals surface area contributed by atoms with Gasteiger partial charge in [-0.2, -0.15) is 0 Å². The van der Waals surface area contributed by atoms with Crippen molar-refractivity contribution >= 4 is 0 Å². The summed E-state index contributed by atoms with van der Waals surface area (Å²) in [4.78, 5) is 0. The summed E-state index contributed by atoms with van der Waals surface area (Å²) in [5.41, 5.74) is 2.53. The zero-order valence-corrected chi connectivity index (χ0v) is 12.1. The van der Waals surface area contributed by atoms with Crippen molar-refractivity contribution in [3.05, 3.63) is 35.4 Å². The lowest BCUT2D eigenvalue weighted by Crippen LogP contribution is -2.22. The van der Waals surface area contributed by atoms with Crippen LogP contribution < -0.4 is 0 Å². The number of aliphatic hydroxyl groups is 1. The van der Waals surface area contributed by atoms with E-state index in [-0.39, 0.29) is 18.1 Å². The molecule has 18 heavy (non-hydrogen) atoms. The maximum Gasteiger partial charge on any atom is 0.0598 e. The van der Waals surface area contributed by atoms with E-state index in [1.807, 2.05) is 0 Å². The highest BCUT2D eigenvalue weighted by Crippen LogP contribution is 2.17. The third-order valence-corrected chi connectivity index (χ3v) is 3.09. The second kappa shape index (κ2) is 6.91. The molecule has 0 amide bonds. The zero-order valence-electron chi connectivity index (χ0n) is 12.1. The minimum atomic E-state index is -0.0946. The number of rotatable bonds is 6. The summed E-state index contributed by atoms with van der Waals surface area (Å²) < 4.78 is 5.72. The van der Waals surface area contributed by atoms with Gasteiger partial charge in [-0.3, -0.25) is 0 Å². The predicted octanol–water partition coefficient (Wildman–Crippen LogP) is 3.35. The van der Waals surface area contributed by atoms with Crippen molar-refractivity contribution in [2.75, 3.05) is 13.2 Å². The van der Waals surface area contributed by atoms with Crippen molar-refractivity contribution < 1.29 is 9.84 Å². The summed E-state index contributed by atoms with van der Waals surface area (Å²) >= 11 is 0. The van der Waals surface area contributed by atoms with Gasteiger partial charge in [0.1, 0.15) is 0 Å². The average molecular weight is 250 g/mol. The molecule has 1 atom stereocenters. The van der Waals surface area contributed by atoms with Crippen LogP contribution in [0.1, 0.15) is 38.3 Å². The van der Waals surface area contributed by atoms with Crippen LogP contribution in [-0.4, -0.2) is 23.9 Å². The van der Waals surface area contributed by atoms with Crippen LogP contribution in [-0.2, 0) is 11.2 Å². The second-order valence-corrected chi connectivity index (χ2v) is 5.93. The molecule has 0 aliphatic heterocycles. The van der Waals surface area contributed by atoms with Gasteiger partial charge in [0.05, 0.1) is 5.60 Å². The van der Waals surface area contributed by atoms with E-state index in [0.29, 0.717) is 6.61 Å². The van der Waals surface area contributed by atoms with Crippen LogP contribution in [0, 0.1) is 12.8 Å². The van der Waals surface area contributed by atoms with Gasteiger partial charge in [0, 0.05) is 13.2 Å². The van der Waals surface area contributed by atoms with E-state index in [1.54, 1.807) is 0 Å². The maximum atomic E-state index is 9.45. The quantitative estimate of drug-likeness (QED) is 0.839. The lowest BCUT2D eigenvalue weighted by atomic mass is 9.94. The van der Waals surface area contributed by atoms with Crippen LogP contribution in [0.15, 0.2) is 24.3 Å². The van der Waals surface area contributed by atoms with Crippen LogP contribution in [0.25, 0.3) is 0 Å². The minimum Gasteiger partial charge on any atom is -0.396 e. The summed E-state index contributed by atoms with van der Waals surface area (Å²) in [7, 11) is 0. The Bertz CT molecular complexity index is 352. The third kappa shape index (κ3) is 5.65. The third-order valence-electron chi connectivity index (χ3n) is 3.09. The van der Waals surface area contributed by atoms with E-state index in [2.05, 4.69) is 52.0 Å². The van der Waals surface area contributed by atoms with E-state index < -0.39 is 0 Å². The van der Waals surface area contributed by atoms with Gasteiger partial charge in [-0.1, -0.05) is 24.3 Å². The first-order valence-electron chi connectivity index (χ1n) is 6.71. The maximum absolute atomic E-state index is 9.45. The number of aryl methyl sites for hydroxylation is 1. The van der Waals surface area contributed by atoms with Crippen molar-refractivity contribution in [3.63, 3.8) is 0 Å². The number of ether oxygens (including phenoxy) is 1. The Morgan fingerprint density at radius 2 is 1.89 bits per heavy atom. The smallest absolute Gasteiger partial charge is 0.0598 e. The number of hydrogen-bond acceptors (Lipinski definition) is 2. The molecule has 0 radical (unpaired) electrons. The topological polar surface area (TPSA) is 29.5 Å². The highest BCUT2D eigenvalue weighted by molar-refractivity contribution is 5.25. The molecule has 0 spiro atoms. The van der Waals surface area contributed by atoms with Crippen LogP contribution in [0.2, 0.25) is 0 Å². The zero-order chi connectivity index (χ0) is 13.6. The van der Waals surface area contributed by atoms with Gasteiger partial charge in [0.25, 0.3) is 0 Å². The molecule has 102 valence electrons. The number of hydrogen-bond donors (Lipinski definition) is 1. The van der Waals surface area contributed by atoms with Gasteiger partial charge < -0.3 is 9.84 Å². The molecule has 0 aliphatic carbocycles. The van der Waals surface area contributed by atoms with Gasteiger partial charge in [0.2, 0.25) is 0 Å². The molecule has 1 unspecified atom stereocenters. The lowest BCUT2D eigenvalue weighted by Gasteiger charge is -2.22. The monoisotopic (exact) mass is 250 g/mol. The van der Waals surface area contributed by atoms with Crippen molar-refractivity contribution in [1.82, 2.24) is 0 Å². The minimum absolute atomic E-state index is 0.0946. The van der Waals surface area contributed by atoms with E-state index in [1.165, 1.54) is 11.1 Å². The summed E-state index contributed by atoms with van der Waals surface area (Å²) in [5, 5.41) is 9.45. The largest absolute Gasteiger partial charge is 0.396 e. The molecule has 0 aliphatic rings. The van der Waals surface area contributed by atoms with E-state index in [9.17, 15) is 5.11 Å². The Kier molecular flexibility index (Phi) is 5.83. The Balaban J connectivity index is 2.45. The van der Waals surface area contributed by atoms with Crippen LogP contribution >= 0.6 is 0 Å². The van der Waals surface area contributed by atoms with E-state index >= 15 is 0 Å². The Labute approximate surface area is 111 Å². The summed E-state index contributed by atoms with van der Waals surface area (Å²) in [6.07, 6.45) is 1.83. The van der Waals surface area contributed by atoms with Gasteiger partial charge >= 0.3 is 0 Å². The highest BCUT2D eigenvalue weighted by Gasteiger charge is 2.14. The van der Waals surface area contributed by atoms with Gasteiger partial charge in [-0.05, 0) is 57.6 Å². The summed E-state index contributed by atoms with van der Waals surface area (Å²) in [5.74, 6) is 0.286. The molecule has 1 aromatic rings. The predicted molar refractivity (Wildman–Crippen MR) is 75.8 cm³/mol. The van der Waals surface area contributed by atoms with Crippen LogP contribution in [0.4, 0.5) is 0 Å². The molecule has 0 aromatic heterocycles. The average Bonchev–Trinajstić information content (AvgIpc) is 2.29. The molecule has 1 N–H and O–H groups in total. The van der Waals surface area contributed by atoms with E-state index in [0.717, 1.165) is 12.8 Å². The van der Waals surface area contributed by atoms with Crippen molar-refractivity contribution in [1.29, 1.82) is 0 Å². The van der Waals surface area contributed by atoms with Crippen molar-refractivity contribution in [2.45, 2.75) is 46.1 Å². The Hall–Kier alpha value is -0.860. The van der Waals surface area contributed by atoms with Crippen LogP contribution in [0.5, 0.6) is 0 Å². The van der Waals surface area contributed by atoms with Gasteiger partial charge in [-0.25, -0.2) is 0 Å². The number of benzene rings is 1. The molecule has 1 aromatic carbocycles. The first-order valence-corrected chi connectivity index (χ1v) is 6.71. The Morgan fingerprint density at radius 3 is 2.44 bits per heavy atom. The van der Waals surface area contributed by atoms with Crippen molar-refractivity contribution in [2.24, 2.45) is 5.92 Å². The molecule has 0 saturated carbocycles. The van der Waals surface area contributed by atoms with Crippen molar-refractivity contribution in [3.8, 4) is 0 Å². The molecule has 0 bridgehead atoms. The molecule has 1 rings (SSSR count). The van der Waals surface area contributed by atoms with E-state index in [4.69, 9.17) is 4.74 Å². The summed E-state index contributed by atoms with van der Waals surface area (Å²) in [6, 6.07) is 8.37. The molecule has 0 saturated heterocycles. The fourth-order valence-electron chi connectivity index (χ4n) is 1.94. The second-order valence-electron chi connectivity index (χ2n) is 5.93. The molecular weight excluding hydrogens is 224 g/mol. The first kappa shape index (κ1) is 15.2. The first-order chi connectivity index (χ1) is 8.42. The molecular formula is C16H26O2. The molecule has 0 fully saturated rings. The van der Waals surface area contributed by atoms with Crippen LogP contribution in [0.3, 0.4) is 0 Å². The molecule has 2 nitrogen and oxygen atoms in total. The summed E-state index contributed by atoms with van der Waals surface area (Å²) in [6.45, 7) is 9.23. The fourth-order valence-corrected chi connectivity index (χ4v) is 1.94. The highest BCUT2D eigenvalue weighted by atomic mass is 16.5. The van der Waals surface area contributed by atoms with Gasteiger partial charge in [-0.15, -0.1) is 0 Å². The SMILES string of the molecule is Cc1ccccc1CC(CO)CCOC(C)(C)C. The lowest BCUT2D eigenvalue weighted by molar-refractivity contribution is -0.0121. The van der Waals surface area contributed by atoms with Gasteiger partial charge in [0.15, 0.2) is 0 Å². The Morgan fingerprint density at radius 1 is 1.22 bits per heavy atom. The number of aliphatic hydroxyl groups excluding tert-OH is 1. The standard InChI is InChI=1S/C16H26O2/c1-13-7-5-6-8-15(13)11-14(12-17)9-10-18-16(2,3)4/h5-8,14,17H,9-12H2,1-4H3. The molecule has 0 heterocycles. The fraction of sp³-hybridized carbons (Fsp3) is 0.625. The normalized spacial score (nSPS) is 13.6. The molecule has 2 heteroatoms.